The predicted molar refractivity (Wildman–Crippen MR) is 126 cm³/mol. The van der Waals surface area contributed by atoms with E-state index >= 15 is 0 Å². The number of ether oxygens (including phenoxy) is 1. The summed E-state index contributed by atoms with van der Waals surface area (Å²) in [4.78, 5) is 27.3. The summed E-state index contributed by atoms with van der Waals surface area (Å²) in [6, 6.07) is 13.9. The quantitative estimate of drug-likeness (QED) is 0.447. The third-order valence-corrected chi connectivity index (χ3v) is 5.70. The highest BCUT2D eigenvalue weighted by Crippen LogP contribution is 2.20. The van der Waals surface area contributed by atoms with E-state index in [2.05, 4.69) is 5.32 Å². The Kier molecular flexibility index (Phi) is 10.2. The first-order chi connectivity index (χ1) is 14.8. The van der Waals surface area contributed by atoms with Gasteiger partial charge in [-0.15, -0.1) is 0 Å². The highest BCUT2D eigenvalue weighted by atomic mass is 35.5. The number of benzene rings is 2. The number of carbonyl (C=O) groups is 2. The maximum absolute atomic E-state index is 13.0. The number of amides is 2. The summed E-state index contributed by atoms with van der Waals surface area (Å²) in [6.07, 6.45) is 1.61. The van der Waals surface area contributed by atoms with Gasteiger partial charge in [-0.25, -0.2) is 0 Å². The van der Waals surface area contributed by atoms with Crippen LogP contribution in [-0.4, -0.2) is 35.4 Å². The van der Waals surface area contributed by atoms with Gasteiger partial charge in [0, 0.05) is 29.1 Å². The SMILES string of the molecule is CCC(C)NC(=O)C(C)N(Cc1ccccc1Cl)C(=O)CCCOc1ccc(Cl)cc1. The molecule has 7 heteroatoms. The summed E-state index contributed by atoms with van der Waals surface area (Å²) in [5.74, 6) is 0.407. The summed E-state index contributed by atoms with van der Waals surface area (Å²) in [6.45, 7) is 6.35. The predicted octanol–water partition coefficient (Wildman–Crippen LogP) is 5.48. The van der Waals surface area contributed by atoms with Crippen molar-refractivity contribution in [3.8, 4) is 5.75 Å². The van der Waals surface area contributed by atoms with E-state index < -0.39 is 6.04 Å². The van der Waals surface area contributed by atoms with Crippen molar-refractivity contribution < 1.29 is 14.3 Å². The van der Waals surface area contributed by atoms with Gasteiger partial charge in [0.15, 0.2) is 0 Å². The van der Waals surface area contributed by atoms with Crippen LogP contribution in [0, 0.1) is 0 Å². The number of halogens is 2. The number of nitrogens with zero attached hydrogens (tertiary/aromatic N) is 1. The molecule has 0 fully saturated rings. The van der Waals surface area contributed by atoms with Crippen LogP contribution >= 0.6 is 23.2 Å². The molecule has 2 rings (SSSR count). The van der Waals surface area contributed by atoms with Crippen molar-refractivity contribution in [1.29, 1.82) is 0 Å². The molecule has 0 aliphatic carbocycles. The first kappa shape index (κ1) is 25.0. The zero-order valence-corrected chi connectivity index (χ0v) is 19.7. The summed E-state index contributed by atoms with van der Waals surface area (Å²) in [7, 11) is 0. The number of nitrogens with one attached hydrogen (secondary N) is 1. The summed E-state index contributed by atoms with van der Waals surface area (Å²) >= 11 is 12.2. The minimum absolute atomic E-state index is 0.0417. The van der Waals surface area contributed by atoms with E-state index in [-0.39, 0.29) is 30.8 Å². The van der Waals surface area contributed by atoms with E-state index in [0.717, 1.165) is 12.0 Å². The van der Waals surface area contributed by atoms with Crippen LogP contribution in [0.4, 0.5) is 0 Å². The zero-order valence-electron chi connectivity index (χ0n) is 18.2. The molecule has 0 aromatic heterocycles. The average molecular weight is 465 g/mol. The Bertz CT molecular complexity index is 858. The molecule has 0 saturated carbocycles. The van der Waals surface area contributed by atoms with Crippen LogP contribution in [-0.2, 0) is 16.1 Å². The van der Waals surface area contributed by atoms with E-state index in [1.165, 1.54) is 0 Å². The molecule has 1 N–H and O–H groups in total. The molecule has 168 valence electrons. The highest BCUT2D eigenvalue weighted by molar-refractivity contribution is 6.31. The lowest BCUT2D eigenvalue weighted by molar-refractivity contribution is -0.141. The lowest BCUT2D eigenvalue weighted by Crippen LogP contribution is -2.49. The van der Waals surface area contributed by atoms with Crippen molar-refractivity contribution in [3.05, 3.63) is 64.1 Å². The van der Waals surface area contributed by atoms with Crippen LogP contribution in [0.5, 0.6) is 5.75 Å². The molecule has 2 amide bonds. The summed E-state index contributed by atoms with van der Waals surface area (Å²) < 4.78 is 5.67. The third-order valence-electron chi connectivity index (χ3n) is 5.08. The van der Waals surface area contributed by atoms with Crippen LogP contribution in [0.25, 0.3) is 0 Å². The zero-order chi connectivity index (χ0) is 22.8. The topological polar surface area (TPSA) is 58.6 Å². The van der Waals surface area contributed by atoms with Gasteiger partial charge in [0.1, 0.15) is 11.8 Å². The maximum atomic E-state index is 13.0. The summed E-state index contributed by atoms with van der Waals surface area (Å²) in [5.41, 5.74) is 0.804. The fourth-order valence-electron chi connectivity index (χ4n) is 2.95. The first-order valence-corrected chi connectivity index (χ1v) is 11.3. The van der Waals surface area contributed by atoms with Gasteiger partial charge in [-0.3, -0.25) is 9.59 Å². The molecular formula is C24H30Cl2N2O3. The van der Waals surface area contributed by atoms with Gasteiger partial charge >= 0.3 is 0 Å². The van der Waals surface area contributed by atoms with Crippen LogP contribution < -0.4 is 10.1 Å². The normalized spacial score (nSPS) is 12.7. The fourth-order valence-corrected chi connectivity index (χ4v) is 3.27. The Morgan fingerprint density at radius 1 is 1.06 bits per heavy atom. The Hall–Kier alpha value is -2.24. The maximum Gasteiger partial charge on any atom is 0.242 e. The molecule has 0 bridgehead atoms. The van der Waals surface area contributed by atoms with Crippen LogP contribution in [0.1, 0.15) is 45.6 Å². The van der Waals surface area contributed by atoms with E-state index in [1.54, 1.807) is 42.2 Å². The number of hydrogen-bond acceptors (Lipinski definition) is 3. The van der Waals surface area contributed by atoms with Gasteiger partial charge in [-0.2, -0.15) is 0 Å². The minimum Gasteiger partial charge on any atom is -0.494 e. The Balaban J connectivity index is 2.01. The van der Waals surface area contributed by atoms with E-state index in [4.69, 9.17) is 27.9 Å². The standard InChI is InChI=1S/C24H30Cl2N2O3/c1-4-17(2)27-24(30)18(3)28(16-19-8-5-6-9-22(19)26)23(29)10-7-15-31-21-13-11-20(25)12-14-21/h5-6,8-9,11-14,17-18H,4,7,10,15-16H2,1-3H3,(H,27,30). The molecule has 0 spiro atoms. The molecule has 0 saturated heterocycles. The lowest BCUT2D eigenvalue weighted by Gasteiger charge is -2.30. The van der Waals surface area contributed by atoms with Crippen LogP contribution in [0.2, 0.25) is 10.0 Å². The third kappa shape index (κ3) is 8.08. The van der Waals surface area contributed by atoms with Gasteiger partial charge in [0.2, 0.25) is 11.8 Å². The van der Waals surface area contributed by atoms with Gasteiger partial charge in [-0.1, -0.05) is 48.3 Å². The monoisotopic (exact) mass is 464 g/mol. The van der Waals surface area contributed by atoms with Gasteiger partial charge in [-0.05, 0) is 62.6 Å². The average Bonchev–Trinajstić information content (AvgIpc) is 2.76. The molecule has 0 aliphatic heterocycles. The molecule has 2 aromatic carbocycles. The second-order valence-electron chi connectivity index (χ2n) is 7.51. The van der Waals surface area contributed by atoms with Crippen LogP contribution in [0.3, 0.4) is 0 Å². The molecule has 0 heterocycles. The molecular weight excluding hydrogens is 435 g/mol. The molecule has 2 aromatic rings. The van der Waals surface area contributed by atoms with Crippen LogP contribution in [0.15, 0.2) is 48.5 Å². The smallest absolute Gasteiger partial charge is 0.242 e. The van der Waals surface area contributed by atoms with Crippen molar-refractivity contribution in [2.75, 3.05) is 6.61 Å². The fraction of sp³-hybridized carbons (Fsp3) is 0.417. The van der Waals surface area contributed by atoms with Crippen molar-refractivity contribution >= 4 is 35.0 Å². The number of hydrogen-bond donors (Lipinski definition) is 1. The second kappa shape index (κ2) is 12.6. The molecule has 2 unspecified atom stereocenters. The second-order valence-corrected chi connectivity index (χ2v) is 8.36. The van der Waals surface area contributed by atoms with E-state index in [9.17, 15) is 9.59 Å². The first-order valence-electron chi connectivity index (χ1n) is 10.5. The van der Waals surface area contributed by atoms with Gasteiger partial charge in [0.05, 0.1) is 6.61 Å². The highest BCUT2D eigenvalue weighted by Gasteiger charge is 2.27. The Morgan fingerprint density at radius 3 is 2.39 bits per heavy atom. The van der Waals surface area contributed by atoms with E-state index in [0.29, 0.717) is 28.8 Å². The molecule has 0 aliphatic rings. The summed E-state index contributed by atoms with van der Waals surface area (Å²) in [5, 5.41) is 4.17. The van der Waals surface area contributed by atoms with Gasteiger partial charge < -0.3 is 15.0 Å². The molecule has 31 heavy (non-hydrogen) atoms. The molecule has 2 atom stereocenters. The Morgan fingerprint density at radius 2 is 1.74 bits per heavy atom. The van der Waals surface area contributed by atoms with E-state index in [1.807, 2.05) is 32.0 Å². The number of carbonyl (C=O) groups excluding carboxylic acids is 2. The largest absolute Gasteiger partial charge is 0.494 e. The number of rotatable bonds is 11. The molecule has 5 nitrogen and oxygen atoms in total. The molecule has 0 radical (unpaired) electrons. The van der Waals surface area contributed by atoms with Crippen molar-refractivity contribution in [2.45, 2.75) is 58.7 Å². The van der Waals surface area contributed by atoms with Crippen molar-refractivity contribution in [3.63, 3.8) is 0 Å². The van der Waals surface area contributed by atoms with Crippen molar-refractivity contribution in [1.82, 2.24) is 10.2 Å². The van der Waals surface area contributed by atoms with Gasteiger partial charge in [0.25, 0.3) is 0 Å². The Labute approximate surface area is 194 Å². The minimum atomic E-state index is -0.616. The lowest BCUT2D eigenvalue weighted by atomic mass is 10.1. The van der Waals surface area contributed by atoms with Crippen molar-refractivity contribution in [2.24, 2.45) is 0 Å².